The van der Waals surface area contributed by atoms with Crippen LogP contribution in [0.2, 0.25) is 0 Å². The molecule has 0 saturated carbocycles. The lowest BCUT2D eigenvalue weighted by Gasteiger charge is -2.21. The van der Waals surface area contributed by atoms with Crippen molar-refractivity contribution in [3.05, 3.63) is 0 Å². The molecule has 1 aliphatic rings. The maximum Gasteiger partial charge on any atom is 0.472 e. The normalized spacial score (nSPS) is 15.3. The first kappa shape index (κ1) is 15.9. The predicted molar refractivity (Wildman–Crippen MR) is 70.3 cm³/mol. The van der Waals surface area contributed by atoms with Crippen LogP contribution in [-0.2, 0) is 19.1 Å². The second-order valence-corrected chi connectivity index (χ2v) is 4.14. The standard InChI is InChI=1S/C12H19N4O4/c1-4-19-11(17)10(9-13)14-20-12(15(2)3)16-5-7-18-8-6-16/h4-8H2,1-3H3/q+1/b14-10-. The number of hydrogen-bond acceptors (Lipinski definition) is 6. The Morgan fingerprint density at radius 2 is 2.10 bits per heavy atom. The molecule has 1 saturated heterocycles. The molecule has 20 heavy (non-hydrogen) atoms. The number of nitriles is 1. The minimum absolute atomic E-state index is 0.174. The summed E-state index contributed by atoms with van der Waals surface area (Å²) in [5.74, 6) is -0.796. The molecule has 0 radical (unpaired) electrons. The summed E-state index contributed by atoms with van der Waals surface area (Å²) in [6.07, 6.45) is 0. The second-order valence-electron chi connectivity index (χ2n) is 4.14. The highest BCUT2D eigenvalue weighted by molar-refractivity contribution is 6.42. The van der Waals surface area contributed by atoms with E-state index < -0.39 is 11.7 Å². The van der Waals surface area contributed by atoms with Crippen LogP contribution in [0.1, 0.15) is 6.92 Å². The molecule has 1 heterocycles. The van der Waals surface area contributed by atoms with Crippen LogP contribution in [0.4, 0.5) is 0 Å². The van der Waals surface area contributed by atoms with Crippen molar-refractivity contribution >= 4 is 17.7 Å². The Labute approximate surface area is 117 Å². The van der Waals surface area contributed by atoms with Gasteiger partial charge in [-0.3, -0.25) is 4.84 Å². The van der Waals surface area contributed by atoms with Gasteiger partial charge in [-0.25, -0.2) is 14.3 Å². The number of hydrogen-bond donors (Lipinski definition) is 0. The Balaban J connectivity index is 2.78. The Hall–Kier alpha value is -2.14. The minimum Gasteiger partial charge on any atom is -0.461 e. The molecule has 0 aliphatic carbocycles. The van der Waals surface area contributed by atoms with Gasteiger partial charge in [0.2, 0.25) is 0 Å². The molecule has 0 amide bonds. The predicted octanol–water partition coefficient (Wildman–Crippen LogP) is -0.594. The zero-order valence-electron chi connectivity index (χ0n) is 12.0. The highest BCUT2D eigenvalue weighted by Gasteiger charge is 2.26. The summed E-state index contributed by atoms with van der Waals surface area (Å²) < 4.78 is 11.7. The first-order chi connectivity index (χ1) is 9.60. The van der Waals surface area contributed by atoms with E-state index in [4.69, 9.17) is 19.6 Å². The van der Waals surface area contributed by atoms with Gasteiger partial charge in [0.15, 0.2) is 0 Å². The highest BCUT2D eigenvalue weighted by atomic mass is 16.7. The Bertz CT molecular complexity index is 443. The lowest BCUT2D eigenvalue weighted by molar-refractivity contribution is -0.481. The highest BCUT2D eigenvalue weighted by Crippen LogP contribution is 2.01. The summed E-state index contributed by atoms with van der Waals surface area (Å²) in [6, 6.07) is 2.11. The number of carbonyl (C=O) groups is 1. The maximum absolute atomic E-state index is 11.4. The summed E-state index contributed by atoms with van der Waals surface area (Å²) in [6.45, 7) is 4.32. The van der Waals surface area contributed by atoms with Gasteiger partial charge >= 0.3 is 12.0 Å². The van der Waals surface area contributed by atoms with E-state index in [0.29, 0.717) is 32.3 Å². The topological polar surface area (TPSA) is 87.2 Å². The van der Waals surface area contributed by atoms with E-state index in [-0.39, 0.29) is 6.61 Å². The number of carbonyl (C=O) groups excluding carboxylic acids is 1. The molecule has 0 spiro atoms. The van der Waals surface area contributed by atoms with Gasteiger partial charge in [-0.05, 0) is 6.92 Å². The van der Waals surface area contributed by atoms with Crippen molar-refractivity contribution in [1.82, 2.24) is 4.90 Å². The molecule has 110 valence electrons. The van der Waals surface area contributed by atoms with Crippen molar-refractivity contribution in [2.24, 2.45) is 5.16 Å². The van der Waals surface area contributed by atoms with E-state index in [0.717, 1.165) is 0 Å². The fraction of sp³-hybridized carbons (Fsp3) is 0.667. The zero-order chi connectivity index (χ0) is 15.0. The van der Waals surface area contributed by atoms with Crippen molar-refractivity contribution in [3.63, 3.8) is 0 Å². The van der Waals surface area contributed by atoms with Crippen molar-refractivity contribution in [2.75, 3.05) is 47.0 Å². The lowest BCUT2D eigenvalue weighted by Crippen LogP contribution is -2.44. The summed E-state index contributed by atoms with van der Waals surface area (Å²) in [7, 11) is 3.58. The van der Waals surface area contributed by atoms with Gasteiger partial charge in [0.25, 0.3) is 5.71 Å². The Kier molecular flexibility index (Phi) is 6.46. The van der Waals surface area contributed by atoms with E-state index in [1.165, 1.54) is 0 Å². The number of oxime groups is 1. The average molecular weight is 283 g/mol. The number of ether oxygens (including phenoxy) is 2. The molecule has 1 aliphatic heterocycles. The van der Waals surface area contributed by atoms with Crippen molar-refractivity contribution in [2.45, 2.75) is 6.92 Å². The first-order valence-corrected chi connectivity index (χ1v) is 6.29. The van der Waals surface area contributed by atoms with Crippen molar-refractivity contribution in [1.29, 1.82) is 5.26 Å². The van der Waals surface area contributed by atoms with E-state index in [2.05, 4.69) is 5.16 Å². The summed E-state index contributed by atoms with van der Waals surface area (Å²) >= 11 is 0. The number of nitrogens with zero attached hydrogens (tertiary/aromatic N) is 4. The minimum atomic E-state index is -0.796. The molecular formula is C12H19N4O4+. The fourth-order valence-electron chi connectivity index (χ4n) is 1.57. The fourth-order valence-corrected chi connectivity index (χ4v) is 1.57. The van der Waals surface area contributed by atoms with Gasteiger partial charge < -0.3 is 9.47 Å². The Morgan fingerprint density at radius 1 is 1.45 bits per heavy atom. The molecule has 0 atom stereocenters. The van der Waals surface area contributed by atoms with Crippen molar-refractivity contribution in [3.8, 4) is 6.07 Å². The van der Waals surface area contributed by atoms with E-state index in [9.17, 15) is 4.79 Å². The van der Waals surface area contributed by atoms with Gasteiger partial charge in [0.05, 0.1) is 33.9 Å². The summed E-state index contributed by atoms with van der Waals surface area (Å²) in [5, 5.41) is 12.4. The molecular weight excluding hydrogens is 264 g/mol. The lowest BCUT2D eigenvalue weighted by atomic mass is 10.4. The maximum atomic E-state index is 11.4. The quantitative estimate of drug-likeness (QED) is 0.226. The summed E-state index contributed by atoms with van der Waals surface area (Å²) in [4.78, 5) is 18.6. The SMILES string of the molecule is CCOC(=O)/C(C#N)=N\OC(N1CCOCC1)=[N+](C)C. The molecule has 1 rings (SSSR count). The molecule has 0 aromatic heterocycles. The van der Waals surface area contributed by atoms with Gasteiger partial charge in [0, 0.05) is 0 Å². The number of amidine groups is 1. The molecule has 8 heteroatoms. The van der Waals surface area contributed by atoms with Crippen LogP contribution < -0.4 is 0 Å². The van der Waals surface area contributed by atoms with Gasteiger partial charge in [0.1, 0.15) is 19.2 Å². The smallest absolute Gasteiger partial charge is 0.461 e. The molecule has 0 aromatic carbocycles. The third-order valence-electron chi connectivity index (χ3n) is 2.46. The monoisotopic (exact) mass is 283 g/mol. The van der Waals surface area contributed by atoms with E-state index >= 15 is 0 Å². The average Bonchev–Trinajstić information content (AvgIpc) is 2.44. The number of morpholine rings is 1. The van der Waals surface area contributed by atoms with Crippen molar-refractivity contribution < 1.29 is 23.7 Å². The zero-order valence-corrected chi connectivity index (χ0v) is 12.0. The van der Waals surface area contributed by atoms with Crippen LogP contribution >= 0.6 is 0 Å². The van der Waals surface area contributed by atoms with Crippen LogP contribution in [0.25, 0.3) is 0 Å². The van der Waals surface area contributed by atoms with Gasteiger partial charge in [-0.15, -0.1) is 0 Å². The number of rotatable bonds is 3. The molecule has 8 nitrogen and oxygen atoms in total. The van der Waals surface area contributed by atoms with Crippen LogP contribution in [0.15, 0.2) is 5.16 Å². The molecule has 0 unspecified atom stereocenters. The van der Waals surface area contributed by atoms with Crippen LogP contribution in [0, 0.1) is 11.3 Å². The third-order valence-corrected chi connectivity index (χ3v) is 2.46. The van der Waals surface area contributed by atoms with Crippen LogP contribution in [0.5, 0.6) is 0 Å². The Morgan fingerprint density at radius 3 is 2.60 bits per heavy atom. The molecule has 0 N–H and O–H groups in total. The summed E-state index contributed by atoms with van der Waals surface area (Å²) in [5.41, 5.74) is -0.417. The first-order valence-electron chi connectivity index (χ1n) is 6.29. The van der Waals surface area contributed by atoms with E-state index in [1.54, 1.807) is 31.7 Å². The van der Waals surface area contributed by atoms with Crippen LogP contribution in [0.3, 0.4) is 0 Å². The second kappa shape index (κ2) is 8.12. The van der Waals surface area contributed by atoms with Gasteiger partial charge in [-0.1, -0.05) is 5.16 Å². The molecule has 0 bridgehead atoms. The van der Waals surface area contributed by atoms with E-state index in [1.807, 2.05) is 4.90 Å². The van der Waals surface area contributed by atoms with Gasteiger partial charge in [-0.2, -0.15) is 5.26 Å². The van der Waals surface area contributed by atoms with Crippen LogP contribution in [-0.4, -0.2) is 74.2 Å². The third kappa shape index (κ3) is 4.51. The largest absolute Gasteiger partial charge is 0.472 e. The number of esters is 1. The molecule has 0 aromatic rings. The molecule has 1 fully saturated rings.